The van der Waals surface area contributed by atoms with E-state index in [0.717, 1.165) is 23.1 Å². The fraction of sp³-hybridized carbons (Fsp3) is 0.167. The predicted octanol–water partition coefficient (Wildman–Crippen LogP) is 4.31. The number of ether oxygens (including phenoxy) is 1. The number of nitrogens with zero attached hydrogens (tertiary/aromatic N) is 1. The first-order chi connectivity index (χ1) is 11.2. The van der Waals surface area contributed by atoms with Crippen LogP contribution in [0.25, 0.3) is 10.9 Å². The molecule has 2 aromatic carbocycles. The van der Waals surface area contributed by atoms with Crippen LogP contribution in [0.2, 0.25) is 0 Å². The molecular formula is C18H19N3O2. The van der Waals surface area contributed by atoms with Crippen molar-refractivity contribution in [2.45, 2.75) is 13.5 Å². The first-order valence-electron chi connectivity index (χ1n) is 7.51. The molecule has 0 spiro atoms. The van der Waals surface area contributed by atoms with Gasteiger partial charge in [0.25, 0.3) is 0 Å². The van der Waals surface area contributed by atoms with Crippen molar-refractivity contribution in [1.82, 2.24) is 4.57 Å². The third-order valence-electron chi connectivity index (χ3n) is 3.72. The summed E-state index contributed by atoms with van der Waals surface area (Å²) >= 11 is 0. The molecule has 0 saturated carbocycles. The summed E-state index contributed by atoms with van der Waals surface area (Å²) in [5, 5.41) is 6.74. The van der Waals surface area contributed by atoms with Crippen molar-refractivity contribution >= 4 is 28.3 Å². The van der Waals surface area contributed by atoms with E-state index in [4.69, 9.17) is 4.74 Å². The number of rotatable bonds is 4. The second-order valence-corrected chi connectivity index (χ2v) is 5.15. The van der Waals surface area contributed by atoms with Gasteiger partial charge in [-0.2, -0.15) is 0 Å². The summed E-state index contributed by atoms with van der Waals surface area (Å²) in [7, 11) is 1.57. The van der Waals surface area contributed by atoms with Gasteiger partial charge in [0.05, 0.1) is 12.8 Å². The van der Waals surface area contributed by atoms with Crippen LogP contribution >= 0.6 is 0 Å². The number of urea groups is 1. The van der Waals surface area contributed by atoms with Crippen LogP contribution in [-0.2, 0) is 6.54 Å². The molecule has 0 aliphatic rings. The summed E-state index contributed by atoms with van der Waals surface area (Å²) in [4.78, 5) is 12.2. The van der Waals surface area contributed by atoms with Crippen molar-refractivity contribution in [2.75, 3.05) is 17.7 Å². The van der Waals surface area contributed by atoms with Crippen molar-refractivity contribution in [3.05, 3.63) is 54.7 Å². The lowest BCUT2D eigenvalue weighted by molar-refractivity contribution is 0.262. The number of aromatic nitrogens is 1. The van der Waals surface area contributed by atoms with Crippen LogP contribution in [0.15, 0.2) is 54.7 Å². The molecular weight excluding hydrogens is 290 g/mol. The number of hydrogen-bond acceptors (Lipinski definition) is 2. The fourth-order valence-electron chi connectivity index (χ4n) is 2.59. The topological polar surface area (TPSA) is 55.3 Å². The summed E-state index contributed by atoms with van der Waals surface area (Å²) in [6.45, 7) is 3.02. The van der Waals surface area contributed by atoms with Crippen LogP contribution in [0.4, 0.5) is 16.2 Å². The molecule has 2 amide bonds. The number of anilines is 2. The minimum atomic E-state index is -0.302. The van der Waals surface area contributed by atoms with Gasteiger partial charge in [-0.3, -0.25) is 0 Å². The molecule has 0 aliphatic heterocycles. The molecule has 3 aromatic rings. The van der Waals surface area contributed by atoms with Crippen LogP contribution < -0.4 is 15.4 Å². The number of benzene rings is 2. The first kappa shape index (κ1) is 15.0. The Kier molecular flexibility index (Phi) is 4.19. The van der Waals surface area contributed by atoms with Crippen molar-refractivity contribution < 1.29 is 9.53 Å². The number of fused-ring (bicyclic) bond motifs is 1. The van der Waals surface area contributed by atoms with Gasteiger partial charge >= 0.3 is 6.03 Å². The van der Waals surface area contributed by atoms with Crippen molar-refractivity contribution in [3.63, 3.8) is 0 Å². The van der Waals surface area contributed by atoms with Gasteiger partial charge in [-0.1, -0.05) is 12.1 Å². The van der Waals surface area contributed by atoms with Crippen LogP contribution in [-0.4, -0.2) is 17.7 Å². The van der Waals surface area contributed by atoms with Crippen LogP contribution in [0.3, 0.4) is 0 Å². The van der Waals surface area contributed by atoms with Crippen LogP contribution in [0.1, 0.15) is 6.92 Å². The third-order valence-corrected chi connectivity index (χ3v) is 3.72. The number of amides is 2. The van der Waals surface area contributed by atoms with E-state index < -0.39 is 0 Å². The van der Waals surface area contributed by atoms with E-state index in [1.165, 1.54) is 0 Å². The Hall–Kier alpha value is -2.95. The molecule has 3 rings (SSSR count). The summed E-state index contributed by atoms with van der Waals surface area (Å²) < 4.78 is 7.38. The van der Waals surface area contributed by atoms with Gasteiger partial charge in [-0.05, 0) is 43.3 Å². The number of carbonyl (C=O) groups excluding carboxylic acids is 1. The highest BCUT2D eigenvalue weighted by Gasteiger charge is 2.08. The maximum absolute atomic E-state index is 12.2. The Balaban J connectivity index is 1.75. The normalized spacial score (nSPS) is 10.5. The lowest BCUT2D eigenvalue weighted by Gasteiger charge is -2.11. The average Bonchev–Trinajstić information content (AvgIpc) is 2.97. The Morgan fingerprint density at radius 2 is 1.96 bits per heavy atom. The van der Waals surface area contributed by atoms with Gasteiger partial charge in [-0.25, -0.2) is 4.79 Å². The summed E-state index contributed by atoms with van der Waals surface area (Å²) in [5.74, 6) is 0.623. The molecule has 0 unspecified atom stereocenters. The van der Waals surface area contributed by atoms with Gasteiger partial charge in [0.1, 0.15) is 5.75 Å². The molecule has 0 radical (unpaired) electrons. The average molecular weight is 309 g/mol. The molecule has 0 fully saturated rings. The number of hydrogen-bond donors (Lipinski definition) is 2. The van der Waals surface area contributed by atoms with E-state index in [2.05, 4.69) is 22.1 Å². The van der Waals surface area contributed by atoms with Gasteiger partial charge in [0.15, 0.2) is 0 Å². The minimum Gasteiger partial charge on any atom is -0.495 e. The maximum atomic E-state index is 12.2. The number of methoxy groups -OCH3 is 1. The smallest absolute Gasteiger partial charge is 0.323 e. The van der Waals surface area contributed by atoms with Crippen molar-refractivity contribution in [2.24, 2.45) is 0 Å². The van der Waals surface area contributed by atoms with Gasteiger partial charge < -0.3 is 19.9 Å². The molecule has 5 nitrogen and oxygen atoms in total. The minimum absolute atomic E-state index is 0.302. The molecule has 118 valence electrons. The standard InChI is InChI=1S/C18H19N3O2/c1-3-21-11-10-13-12-14(8-9-16(13)21)19-18(22)20-15-6-4-5-7-17(15)23-2/h4-12H,3H2,1-2H3,(H2,19,20,22). The second-order valence-electron chi connectivity index (χ2n) is 5.15. The monoisotopic (exact) mass is 309 g/mol. The van der Waals surface area contributed by atoms with Crippen molar-refractivity contribution in [3.8, 4) is 5.75 Å². The molecule has 23 heavy (non-hydrogen) atoms. The highest BCUT2D eigenvalue weighted by Crippen LogP contribution is 2.24. The lowest BCUT2D eigenvalue weighted by Crippen LogP contribution is -2.19. The van der Waals surface area contributed by atoms with Gasteiger partial charge in [-0.15, -0.1) is 0 Å². The molecule has 2 N–H and O–H groups in total. The lowest BCUT2D eigenvalue weighted by atomic mass is 10.2. The Morgan fingerprint density at radius 3 is 2.74 bits per heavy atom. The van der Waals surface area contributed by atoms with Gasteiger partial charge in [0.2, 0.25) is 0 Å². The number of aryl methyl sites for hydroxylation is 1. The zero-order valence-electron chi connectivity index (χ0n) is 13.2. The van der Waals surface area contributed by atoms with E-state index in [1.807, 2.05) is 42.6 Å². The number of carbonyl (C=O) groups is 1. The first-order valence-corrected chi connectivity index (χ1v) is 7.51. The summed E-state index contributed by atoms with van der Waals surface area (Å²) in [6, 6.07) is 14.9. The summed E-state index contributed by atoms with van der Waals surface area (Å²) in [6.07, 6.45) is 2.04. The maximum Gasteiger partial charge on any atom is 0.323 e. The van der Waals surface area contributed by atoms with Gasteiger partial charge in [0, 0.05) is 29.3 Å². The van der Waals surface area contributed by atoms with E-state index in [9.17, 15) is 4.79 Å². The van der Waals surface area contributed by atoms with Crippen LogP contribution in [0, 0.1) is 0 Å². The SMILES string of the molecule is CCn1ccc2cc(NC(=O)Nc3ccccc3OC)ccc21. The highest BCUT2D eigenvalue weighted by molar-refractivity contribution is 6.01. The zero-order valence-corrected chi connectivity index (χ0v) is 13.2. The molecule has 0 saturated heterocycles. The fourth-order valence-corrected chi connectivity index (χ4v) is 2.59. The second kappa shape index (κ2) is 6.44. The Labute approximate surface area is 134 Å². The number of para-hydroxylation sites is 2. The molecule has 5 heteroatoms. The van der Waals surface area contributed by atoms with E-state index in [1.54, 1.807) is 19.2 Å². The highest BCUT2D eigenvalue weighted by atomic mass is 16.5. The molecule has 0 aliphatic carbocycles. The van der Waals surface area contributed by atoms with Crippen LogP contribution in [0.5, 0.6) is 5.75 Å². The number of nitrogens with one attached hydrogen (secondary N) is 2. The third kappa shape index (κ3) is 3.13. The molecule has 1 aromatic heterocycles. The van der Waals surface area contributed by atoms with Crippen molar-refractivity contribution in [1.29, 1.82) is 0 Å². The molecule has 1 heterocycles. The zero-order chi connectivity index (χ0) is 16.2. The van der Waals surface area contributed by atoms with E-state index >= 15 is 0 Å². The predicted molar refractivity (Wildman–Crippen MR) is 93.2 cm³/mol. The largest absolute Gasteiger partial charge is 0.495 e. The van der Waals surface area contributed by atoms with E-state index in [0.29, 0.717) is 11.4 Å². The van der Waals surface area contributed by atoms with E-state index in [-0.39, 0.29) is 6.03 Å². The quantitative estimate of drug-likeness (QED) is 0.754. The Morgan fingerprint density at radius 1 is 1.13 bits per heavy atom. The molecule has 0 atom stereocenters. The Bertz CT molecular complexity index is 839. The summed E-state index contributed by atoms with van der Waals surface area (Å²) in [5.41, 5.74) is 2.53. The molecule has 0 bridgehead atoms.